The predicted molar refractivity (Wildman–Crippen MR) is 51.0 cm³/mol. The molecule has 1 aliphatic heterocycles. The lowest BCUT2D eigenvalue weighted by Gasteiger charge is -2.31. The number of hydrogen-bond acceptors (Lipinski definition) is 3. The molecule has 0 bridgehead atoms. The van der Waals surface area contributed by atoms with Crippen molar-refractivity contribution in [2.45, 2.75) is 43.7 Å². The molecular formula is C10H14F4O3. The van der Waals surface area contributed by atoms with Gasteiger partial charge in [0.1, 0.15) is 6.10 Å². The second-order valence-corrected chi connectivity index (χ2v) is 4.26. The van der Waals surface area contributed by atoms with Crippen LogP contribution >= 0.6 is 0 Å². The lowest BCUT2D eigenvalue weighted by Crippen LogP contribution is -2.54. The molecule has 100 valence electrons. The molecule has 1 heterocycles. The molecular weight excluding hydrogens is 244 g/mol. The van der Waals surface area contributed by atoms with E-state index in [1.54, 1.807) is 0 Å². The summed E-state index contributed by atoms with van der Waals surface area (Å²) in [6.45, 7) is 5.11. The van der Waals surface area contributed by atoms with Crippen LogP contribution in [0.1, 0.15) is 13.8 Å². The predicted octanol–water partition coefficient (Wildman–Crippen LogP) is 1.96. The van der Waals surface area contributed by atoms with Crippen molar-refractivity contribution in [2.24, 2.45) is 0 Å². The van der Waals surface area contributed by atoms with E-state index in [4.69, 9.17) is 9.47 Å². The van der Waals surface area contributed by atoms with E-state index in [0.29, 0.717) is 0 Å². The van der Waals surface area contributed by atoms with Gasteiger partial charge in [0, 0.05) is 0 Å². The molecule has 0 saturated carbocycles. The van der Waals surface area contributed by atoms with Crippen LogP contribution < -0.4 is 0 Å². The molecule has 2 atom stereocenters. The highest BCUT2D eigenvalue weighted by Crippen LogP contribution is 2.41. The highest BCUT2D eigenvalue weighted by molar-refractivity contribution is 5.04. The fourth-order valence-corrected chi connectivity index (χ4v) is 1.44. The standard InChI is InChI=1S/C10H14F4O3/c1-4-9(11,12)10(13,14)7(15)6-5-16-8(2,3)17-6/h4,6-7,15H,1,5H2,2-3H3/t6-,7-/m1/s1. The first-order valence-electron chi connectivity index (χ1n) is 4.92. The van der Waals surface area contributed by atoms with Gasteiger partial charge < -0.3 is 14.6 Å². The maximum absolute atomic E-state index is 13.3. The van der Waals surface area contributed by atoms with Gasteiger partial charge in [0.05, 0.1) is 6.61 Å². The van der Waals surface area contributed by atoms with E-state index >= 15 is 0 Å². The summed E-state index contributed by atoms with van der Waals surface area (Å²) in [7, 11) is 0. The van der Waals surface area contributed by atoms with Gasteiger partial charge in [-0.05, 0) is 19.9 Å². The number of hydrogen-bond donors (Lipinski definition) is 1. The van der Waals surface area contributed by atoms with Crippen LogP contribution in [0.4, 0.5) is 17.6 Å². The number of aliphatic hydroxyl groups excluding tert-OH is 1. The highest BCUT2D eigenvalue weighted by Gasteiger charge is 2.62. The maximum atomic E-state index is 13.3. The largest absolute Gasteiger partial charge is 0.384 e. The van der Waals surface area contributed by atoms with Crippen molar-refractivity contribution in [3.63, 3.8) is 0 Å². The topological polar surface area (TPSA) is 38.7 Å². The van der Waals surface area contributed by atoms with E-state index in [-0.39, 0.29) is 12.7 Å². The summed E-state index contributed by atoms with van der Waals surface area (Å²) in [5, 5.41) is 9.29. The summed E-state index contributed by atoms with van der Waals surface area (Å²) < 4.78 is 62.2. The Morgan fingerprint density at radius 1 is 1.41 bits per heavy atom. The highest BCUT2D eigenvalue weighted by atomic mass is 19.3. The molecule has 0 amide bonds. The summed E-state index contributed by atoms with van der Waals surface area (Å²) in [6.07, 6.45) is -4.37. The molecule has 17 heavy (non-hydrogen) atoms. The van der Waals surface area contributed by atoms with Crippen molar-refractivity contribution < 1.29 is 32.1 Å². The van der Waals surface area contributed by atoms with Crippen molar-refractivity contribution in [2.75, 3.05) is 6.61 Å². The average Bonchev–Trinajstić information content (AvgIpc) is 2.57. The van der Waals surface area contributed by atoms with E-state index < -0.39 is 29.8 Å². The summed E-state index contributed by atoms with van der Waals surface area (Å²) in [4.78, 5) is 0. The Labute approximate surface area is 96.0 Å². The second kappa shape index (κ2) is 4.22. The van der Waals surface area contributed by atoms with E-state index in [1.807, 2.05) is 0 Å². The van der Waals surface area contributed by atoms with Gasteiger partial charge >= 0.3 is 11.8 Å². The number of alkyl halides is 4. The molecule has 0 spiro atoms. The Morgan fingerprint density at radius 3 is 2.29 bits per heavy atom. The summed E-state index contributed by atoms with van der Waals surface area (Å²) in [5.74, 6) is -10.4. The van der Waals surface area contributed by atoms with Crippen LogP contribution in [0.3, 0.4) is 0 Å². The molecule has 1 N–H and O–H groups in total. The van der Waals surface area contributed by atoms with Crippen LogP contribution in [0.2, 0.25) is 0 Å². The smallest absolute Gasteiger partial charge is 0.341 e. The summed E-state index contributed by atoms with van der Waals surface area (Å²) >= 11 is 0. The lowest BCUT2D eigenvalue weighted by molar-refractivity contribution is -0.256. The van der Waals surface area contributed by atoms with Crippen LogP contribution in [0, 0.1) is 0 Å². The minimum absolute atomic E-state index is 0.197. The summed E-state index contributed by atoms with van der Waals surface area (Å²) in [5.41, 5.74) is 0. The molecule has 7 heteroatoms. The Bertz CT molecular complexity index is 304. The normalized spacial score (nSPS) is 26.9. The third-order valence-corrected chi connectivity index (χ3v) is 2.45. The number of allylic oxidation sites excluding steroid dienone is 1. The molecule has 0 radical (unpaired) electrons. The SMILES string of the molecule is C=CC(F)(F)C(F)(F)[C@H](O)[C@H]1COC(C)(C)O1. The Balaban J connectivity index is 2.83. The zero-order chi connectivity index (χ0) is 13.5. The van der Waals surface area contributed by atoms with Crippen LogP contribution in [-0.4, -0.2) is 41.6 Å². The molecule has 1 rings (SSSR count). The van der Waals surface area contributed by atoms with Crippen LogP contribution in [0.15, 0.2) is 12.7 Å². The van der Waals surface area contributed by atoms with Gasteiger partial charge in [-0.3, -0.25) is 0 Å². The number of ether oxygens (including phenoxy) is 2. The second-order valence-electron chi connectivity index (χ2n) is 4.26. The van der Waals surface area contributed by atoms with Crippen molar-refractivity contribution in [3.05, 3.63) is 12.7 Å². The molecule has 1 aliphatic rings. The molecule has 0 aromatic carbocycles. The van der Waals surface area contributed by atoms with Gasteiger partial charge in [0.25, 0.3) is 0 Å². The fraction of sp³-hybridized carbons (Fsp3) is 0.800. The molecule has 0 aromatic rings. The molecule has 1 saturated heterocycles. The average molecular weight is 258 g/mol. The minimum atomic E-state index is -4.66. The van der Waals surface area contributed by atoms with Crippen LogP contribution in [0.5, 0.6) is 0 Å². The van der Waals surface area contributed by atoms with Crippen LogP contribution in [0.25, 0.3) is 0 Å². The quantitative estimate of drug-likeness (QED) is 0.618. The molecule has 0 unspecified atom stereocenters. The molecule has 3 nitrogen and oxygen atoms in total. The van der Waals surface area contributed by atoms with Crippen molar-refractivity contribution in [1.82, 2.24) is 0 Å². The number of aliphatic hydroxyl groups is 1. The van der Waals surface area contributed by atoms with Crippen molar-refractivity contribution in [3.8, 4) is 0 Å². The first kappa shape index (κ1) is 14.4. The third kappa shape index (κ3) is 2.61. The van der Waals surface area contributed by atoms with Crippen LogP contribution in [-0.2, 0) is 9.47 Å². The number of halogens is 4. The Kier molecular flexibility index (Phi) is 3.58. The van der Waals surface area contributed by atoms with Crippen molar-refractivity contribution in [1.29, 1.82) is 0 Å². The minimum Gasteiger partial charge on any atom is -0.384 e. The fourth-order valence-electron chi connectivity index (χ4n) is 1.44. The van der Waals surface area contributed by atoms with Gasteiger partial charge in [0.15, 0.2) is 11.9 Å². The molecule has 1 fully saturated rings. The first-order chi connectivity index (χ1) is 7.53. The zero-order valence-corrected chi connectivity index (χ0v) is 9.42. The van der Waals surface area contributed by atoms with E-state index in [9.17, 15) is 22.7 Å². The van der Waals surface area contributed by atoms with E-state index in [0.717, 1.165) is 0 Å². The van der Waals surface area contributed by atoms with Gasteiger partial charge in [-0.1, -0.05) is 6.58 Å². The third-order valence-electron chi connectivity index (χ3n) is 2.45. The maximum Gasteiger partial charge on any atom is 0.341 e. The Morgan fingerprint density at radius 2 is 1.94 bits per heavy atom. The van der Waals surface area contributed by atoms with Gasteiger partial charge in [0.2, 0.25) is 0 Å². The summed E-state index contributed by atoms with van der Waals surface area (Å²) in [6, 6.07) is 0. The van der Waals surface area contributed by atoms with E-state index in [2.05, 4.69) is 6.58 Å². The monoisotopic (exact) mass is 258 g/mol. The first-order valence-corrected chi connectivity index (χ1v) is 4.92. The van der Waals surface area contributed by atoms with Crippen molar-refractivity contribution >= 4 is 0 Å². The molecule has 0 aromatic heterocycles. The molecule has 0 aliphatic carbocycles. The lowest BCUT2D eigenvalue weighted by atomic mass is 10.0. The Hall–Kier alpha value is -0.660. The van der Waals surface area contributed by atoms with E-state index in [1.165, 1.54) is 13.8 Å². The van der Waals surface area contributed by atoms with Gasteiger partial charge in [-0.2, -0.15) is 17.6 Å². The number of rotatable bonds is 4. The van der Waals surface area contributed by atoms with Gasteiger partial charge in [-0.15, -0.1) is 0 Å². The van der Waals surface area contributed by atoms with Gasteiger partial charge in [-0.25, -0.2) is 0 Å². The zero-order valence-electron chi connectivity index (χ0n) is 9.42.